The highest BCUT2D eigenvalue weighted by atomic mass is 35.5. The van der Waals surface area contributed by atoms with Gasteiger partial charge < -0.3 is 10.2 Å². The van der Waals surface area contributed by atoms with Gasteiger partial charge in [0.2, 0.25) is 0 Å². The van der Waals surface area contributed by atoms with Crippen LogP contribution in [0.25, 0.3) is 0 Å². The standard InChI is InChI=1S/C14H13ClN4O3/c1-18(2)10-4-6-13(16-8-10)17-14(20)11-7-9(19(21)22)3-5-12(11)15/h3-8H,1-2H3,(H,16,17,20). The zero-order valence-electron chi connectivity index (χ0n) is 11.9. The highest BCUT2D eigenvalue weighted by Crippen LogP contribution is 2.23. The highest BCUT2D eigenvalue weighted by molar-refractivity contribution is 6.34. The van der Waals surface area contributed by atoms with E-state index in [9.17, 15) is 14.9 Å². The Morgan fingerprint density at radius 1 is 1.32 bits per heavy atom. The number of pyridine rings is 1. The largest absolute Gasteiger partial charge is 0.376 e. The van der Waals surface area contributed by atoms with Gasteiger partial charge in [0, 0.05) is 26.2 Å². The lowest BCUT2D eigenvalue weighted by atomic mass is 10.2. The molecule has 0 aliphatic carbocycles. The maximum absolute atomic E-state index is 12.2. The summed E-state index contributed by atoms with van der Waals surface area (Å²) in [5, 5.41) is 13.4. The van der Waals surface area contributed by atoms with Crippen molar-refractivity contribution in [1.29, 1.82) is 0 Å². The monoisotopic (exact) mass is 320 g/mol. The van der Waals surface area contributed by atoms with Gasteiger partial charge in [-0.1, -0.05) is 11.6 Å². The van der Waals surface area contributed by atoms with Gasteiger partial charge in [0.25, 0.3) is 11.6 Å². The van der Waals surface area contributed by atoms with Gasteiger partial charge in [-0.2, -0.15) is 0 Å². The molecule has 0 saturated carbocycles. The molecular formula is C14H13ClN4O3. The summed E-state index contributed by atoms with van der Waals surface area (Å²) in [6, 6.07) is 7.11. The van der Waals surface area contributed by atoms with E-state index in [4.69, 9.17) is 11.6 Å². The number of carbonyl (C=O) groups is 1. The van der Waals surface area contributed by atoms with Crippen LogP contribution in [0.4, 0.5) is 17.2 Å². The Bertz CT molecular complexity index is 717. The van der Waals surface area contributed by atoms with E-state index in [1.807, 2.05) is 19.0 Å². The molecule has 1 aromatic carbocycles. The number of carbonyl (C=O) groups excluding carboxylic acids is 1. The molecule has 114 valence electrons. The number of amides is 1. The molecule has 0 atom stereocenters. The van der Waals surface area contributed by atoms with Crippen LogP contribution < -0.4 is 10.2 Å². The average Bonchev–Trinajstić information content (AvgIpc) is 2.47. The van der Waals surface area contributed by atoms with Crippen molar-refractivity contribution in [2.45, 2.75) is 0 Å². The van der Waals surface area contributed by atoms with Crippen LogP contribution in [0, 0.1) is 10.1 Å². The number of nitrogens with one attached hydrogen (secondary N) is 1. The Morgan fingerprint density at radius 3 is 2.59 bits per heavy atom. The predicted molar refractivity (Wildman–Crippen MR) is 84.6 cm³/mol. The molecule has 1 amide bonds. The maximum Gasteiger partial charge on any atom is 0.270 e. The summed E-state index contributed by atoms with van der Waals surface area (Å²) in [7, 11) is 3.75. The van der Waals surface area contributed by atoms with E-state index in [2.05, 4.69) is 10.3 Å². The maximum atomic E-state index is 12.2. The molecule has 0 bridgehead atoms. The first-order valence-corrected chi connectivity index (χ1v) is 6.65. The van der Waals surface area contributed by atoms with Crippen molar-refractivity contribution in [3.05, 3.63) is 57.2 Å². The second kappa shape index (κ2) is 6.40. The zero-order chi connectivity index (χ0) is 16.3. The third-order valence-corrected chi connectivity index (χ3v) is 3.24. The van der Waals surface area contributed by atoms with Gasteiger partial charge >= 0.3 is 0 Å². The van der Waals surface area contributed by atoms with Gasteiger partial charge in [0.05, 0.1) is 27.4 Å². The van der Waals surface area contributed by atoms with E-state index in [0.29, 0.717) is 5.82 Å². The molecule has 7 nitrogen and oxygen atoms in total. The molecule has 0 saturated heterocycles. The molecule has 0 aliphatic rings. The first-order valence-electron chi connectivity index (χ1n) is 6.27. The molecule has 2 rings (SSSR count). The Labute approximate surface area is 131 Å². The minimum atomic E-state index is -0.586. The number of nitro groups is 1. The summed E-state index contributed by atoms with van der Waals surface area (Å²) >= 11 is 5.92. The quantitative estimate of drug-likeness (QED) is 0.691. The minimum Gasteiger partial charge on any atom is -0.376 e. The Balaban J connectivity index is 2.21. The highest BCUT2D eigenvalue weighted by Gasteiger charge is 2.16. The van der Waals surface area contributed by atoms with Gasteiger partial charge in [-0.15, -0.1) is 0 Å². The number of nitro benzene ring substituents is 1. The summed E-state index contributed by atoms with van der Waals surface area (Å²) < 4.78 is 0. The topological polar surface area (TPSA) is 88.4 Å². The van der Waals surface area contributed by atoms with E-state index in [1.54, 1.807) is 18.3 Å². The third kappa shape index (κ3) is 3.50. The zero-order valence-corrected chi connectivity index (χ0v) is 12.7. The SMILES string of the molecule is CN(C)c1ccc(NC(=O)c2cc([N+](=O)[O-])ccc2Cl)nc1. The summed E-state index contributed by atoms with van der Waals surface area (Å²) in [5.74, 6) is -0.225. The Kier molecular flexibility index (Phi) is 4.57. The number of aromatic nitrogens is 1. The van der Waals surface area contributed by atoms with Crippen molar-refractivity contribution < 1.29 is 9.72 Å². The molecule has 0 radical (unpaired) electrons. The lowest BCUT2D eigenvalue weighted by Gasteiger charge is -2.12. The average molecular weight is 321 g/mol. The van der Waals surface area contributed by atoms with Gasteiger partial charge in [0.1, 0.15) is 5.82 Å². The van der Waals surface area contributed by atoms with Crippen LogP contribution in [-0.2, 0) is 0 Å². The molecule has 8 heteroatoms. The van der Waals surface area contributed by atoms with Crippen LogP contribution in [0.15, 0.2) is 36.5 Å². The number of non-ortho nitro benzene ring substituents is 1. The number of halogens is 1. The molecule has 1 heterocycles. The van der Waals surface area contributed by atoms with E-state index in [0.717, 1.165) is 11.8 Å². The molecular weight excluding hydrogens is 308 g/mol. The third-order valence-electron chi connectivity index (χ3n) is 2.91. The van der Waals surface area contributed by atoms with E-state index in [-0.39, 0.29) is 16.3 Å². The van der Waals surface area contributed by atoms with Crippen molar-refractivity contribution in [2.75, 3.05) is 24.3 Å². The number of benzene rings is 1. The smallest absolute Gasteiger partial charge is 0.270 e. The van der Waals surface area contributed by atoms with Crippen LogP contribution in [0.3, 0.4) is 0 Å². The first-order chi connectivity index (χ1) is 10.4. The number of nitrogens with zero attached hydrogens (tertiary/aromatic N) is 3. The number of hydrogen-bond acceptors (Lipinski definition) is 5. The molecule has 1 N–H and O–H groups in total. The second-order valence-electron chi connectivity index (χ2n) is 4.67. The minimum absolute atomic E-state index is 0.0225. The fourth-order valence-corrected chi connectivity index (χ4v) is 1.91. The van der Waals surface area contributed by atoms with E-state index < -0.39 is 10.8 Å². The van der Waals surface area contributed by atoms with Gasteiger partial charge in [-0.3, -0.25) is 14.9 Å². The fraction of sp³-hybridized carbons (Fsp3) is 0.143. The summed E-state index contributed by atoms with van der Waals surface area (Å²) in [6.45, 7) is 0. The number of hydrogen-bond donors (Lipinski definition) is 1. The summed E-state index contributed by atoms with van der Waals surface area (Å²) in [6.07, 6.45) is 1.60. The van der Waals surface area contributed by atoms with Gasteiger partial charge in [-0.25, -0.2) is 4.98 Å². The van der Waals surface area contributed by atoms with Crippen LogP contribution in [0.5, 0.6) is 0 Å². The predicted octanol–water partition coefficient (Wildman–Crippen LogP) is 2.96. The van der Waals surface area contributed by atoms with Crippen molar-refractivity contribution in [2.24, 2.45) is 0 Å². The molecule has 0 spiro atoms. The van der Waals surface area contributed by atoms with Crippen LogP contribution in [0.1, 0.15) is 10.4 Å². The van der Waals surface area contributed by atoms with Crippen LogP contribution >= 0.6 is 11.6 Å². The second-order valence-corrected chi connectivity index (χ2v) is 5.08. The summed E-state index contributed by atoms with van der Waals surface area (Å²) in [4.78, 5) is 28.3. The molecule has 0 unspecified atom stereocenters. The molecule has 22 heavy (non-hydrogen) atoms. The normalized spacial score (nSPS) is 10.1. The van der Waals surface area contributed by atoms with E-state index >= 15 is 0 Å². The van der Waals surface area contributed by atoms with Gasteiger partial charge in [0.15, 0.2) is 0 Å². The molecule has 1 aromatic heterocycles. The molecule has 0 fully saturated rings. The lowest BCUT2D eigenvalue weighted by Crippen LogP contribution is -2.14. The van der Waals surface area contributed by atoms with Crippen molar-refractivity contribution in [3.8, 4) is 0 Å². The van der Waals surface area contributed by atoms with Crippen molar-refractivity contribution >= 4 is 34.7 Å². The molecule has 0 aliphatic heterocycles. The van der Waals surface area contributed by atoms with Crippen molar-refractivity contribution in [1.82, 2.24) is 4.98 Å². The number of rotatable bonds is 4. The van der Waals surface area contributed by atoms with Gasteiger partial charge in [-0.05, 0) is 18.2 Å². The molecule has 2 aromatic rings. The Hall–Kier alpha value is -2.67. The lowest BCUT2D eigenvalue weighted by molar-refractivity contribution is -0.384. The Morgan fingerprint density at radius 2 is 2.05 bits per heavy atom. The van der Waals surface area contributed by atoms with Crippen molar-refractivity contribution in [3.63, 3.8) is 0 Å². The van der Waals surface area contributed by atoms with Crippen LogP contribution in [-0.4, -0.2) is 29.9 Å². The number of anilines is 2. The van der Waals surface area contributed by atoms with E-state index in [1.165, 1.54) is 12.1 Å². The fourth-order valence-electron chi connectivity index (χ4n) is 1.71. The summed E-state index contributed by atoms with van der Waals surface area (Å²) in [5.41, 5.74) is 0.700. The van der Waals surface area contributed by atoms with Crippen LogP contribution in [0.2, 0.25) is 5.02 Å². The first kappa shape index (κ1) is 15.7.